The molecule has 1 aromatic rings. The molecule has 6 heteroatoms. The highest BCUT2D eigenvalue weighted by Crippen LogP contribution is 2.22. The van der Waals surface area contributed by atoms with Gasteiger partial charge in [0.05, 0.1) is 5.97 Å². The number of aromatic carboxylic acids is 2. The summed E-state index contributed by atoms with van der Waals surface area (Å²) in [7, 11) is 0. The van der Waals surface area contributed by atoms with Gasteiger partial charge in [-0.25, -0.2) is 4.79 Å². The molecular weight excluding hydrogens is 188 g/mol. The molecule has 1 rings (SSSR count). The van der Waals surface area contributed by atoms with Gasteiger partial charge in [-0.3, -0.25) is 0 Å². The Morgan fingerprint density at radius 1 is 1.43 bits per heavy atom. The first-order valence-corrected chi connectivity index (χ1v) is 3.50. The monoisotopic (exact) mass is 192 g/mol. The van der Waals surface area contributed by atoms with Crippen molar-refractivity contribution in [2.24, 2.45) is 0 Å². The van der Waals surface area contributed by atoms with E-state index in [9.17, 15) is 14.7 Å². The lowest BCUT2D eigenvalue weighted by Gasteiger charge is -2.03. The minimum Gasteiger partial charge on any atom is -0.545 e. The molecular formula is C8H4N2O4. The Balaban J connectivity index is 3.53. The number of rotatable bonds is 2. The maximum atomic E-state index is 10.6. The van der Waals surface area contributed by atoms with Gasteiger partial charge >= 0.3 is 11.7 Å². The fourth-order valence-electron chi connectivity index (χ4n) is 1.02. The molecule has 0 spiro atoms. The molecule has 0 aromatic heterocycles. The Hall–Kier alpha value is -2.42. The summed E-state index contributed by atoms with van der Waals surface area (Å²) in [5, 5.41) is 27.6. The van der Waals surface area contributed by atoms with Crippen LogP contribution in [0.3, 0.4) is 0 Å². The summed E-state index contributed by atoms with van der Waals surface area (Å²) in [4.78, 5) is 23.8. The summed E-state index contributed by atoms with van der Waals surface area (Å²) < 4.78 is 0. The molecule has 0 aliphatic heterocycles. The zero-order valence-corrected chi connectivity index (χ0v) is 6.80. The van der Waals surface area contributed by atoms with Crippen LogP contribution in [0, 0.1) is 5.39 Å². The quantitative estimate of drug-likeness (QED) is 0.675. The Morgan fingerprint density at radius 2 is 2.07 bits per heavy atom. The SMILES string of the molecule is N#[N+]c1cccc(C(=O)[O-])c1C(=O)O. The van der Waals surface area contributed by atoms with E-state index in [-0.39, 0.29) is 5.69 Å². The van der Waals surface area contributed by atoms with Crippen LogP contribution in [0.4, 0.5) is 5.69 Å². The number of nitrogens with zero attached hydrogens (tertiary/aromatic N) is 2. The first-order valence-electron chi connectivity index (χ1n) is 3.50. The molecule has 0 heterocycles. The molecule has 0 fully saturated rings. The van der Waals surface area contributed by atoms with Gasteiger partial charge in [0.1, 0.15) is 0 Å². The van der Waals surface area contributed by atoms with Crippen molar-refractivity contribution in [3.05, 3.63) is 34.3 Å². The second kappa shape index (κ2) is 3.53. The number of benzene rings is 1. The van der Waals surface area contributed by atoms with Crippen molar-refractivity contribution < 1.29 is 19.8 Å². The van der Waals surface area contributed by atoms with Crippen LogP contribution in [-0.2, 0) is 0 Å². The predicted molar refractivity (Wildman–Crippen MR) is 42.5 cm³/mol. The topological polar surface area (TPSA) is 106 Å². The van der Waals surface area contributed by atoms with Gasteiger partial charge in [0.15, 0.2) is 10.5 Å². The second-order valence-corrected chi connectivity index (χ2v) is 2.39. The van der Waals surface area contributed by atoms with Crippen molar-refractivity contribution in [2.45, 2.75) is 0 Å². The average Bonchev–Trinajstić information content (AvgIpc) is 2.16. The molecule has 0 radical (unpaired) electrons. The second-order valence-electron chi connectivity index (χ2n) is 2.39. The molecule has 0 amide bonds. The van der Waals surface area contributed by atoms with E-state index in [4.69, 9.17) is 10.5 Å². The molecule has 1 N–H and O–H groups in total. The van der Waals surface area contributed by atoms with Gasteiger partial charge in [-0.2, -0.15) is 0 Å². The van der Waals surface area contributed by atoms with Gasteiger partial charge in [-0.05, 0) is 0 Å². The highest BCUT2D eigenvalue weighted by molar-refractivity contribution is 6.05. The molecule has 0 bridgehead atoms. The number of carboxylic acid groups (broad SMARTS) is 2. The van der Waals surface area contributed by atoms with Crippen molar-refractivity contribution in [1.82, 2.24) is 0 Å². The van der Waals surface area contributed by atoms with Gasteiger partial charge in [-0.1, -0.05) is 12.1 Å². The molecule has 0 saturated heterocycles. The van der Waals surface area contributed by atoms with Crippen LogP contribution >= 0.6 is 0 Å². The molecule has 6 nitrogen and oxygen atoms in total. The maximum Gasteiger partial charge on any atom is 0.400 e. The molecule has 0 aliphatic rings. The fourth-order valence-corrected chi connectivity index (χ4v) is 1.02. The fraction of sp³-hybridized carbons (Fsp3) is 0. The number of carbonyl (C=O) groups is 2. The minimum absolute atomic E-state index is 0.320. The number of diazo groups is 1. The first kappa shape index (κ1) is 9.67. The summed E-state index contributed by atoms with van der Waals surface area (Å²) in [6.45, 7) is 0. The van der Waals surface area contributed by atoms with Gasteiger partial charge in [0.2, 0.25) is 5.39 Å². The van der Waals surface area contributed by atoms with E-state index < -0.39 is 23.1 Å². The number of hydrogen-bond donors (Lipinski definition) is 1. The summed E-state index contributed by atoms with van der Waals surface area (Å²) >= 11 is 0. The molecule has 0 aliphatic carbocycles. The van der Waals surface area contributed by atoms with Crippen molar-refractivity contribution in [1.29, 1.82) is 5.39 Å². The lowest BCUT2D eigenvalue weighted by Crippen LogP contribution is -2.24. The molecule has 70 valence electrons. The Morgan fingerprint density at radius 3 is 2.50 bits per heavy atom. The Kier molecular flexibility index (Phi) is 2.44. The predicted octanol–water partition coefficient (Wildman–Crippen LogP) is 0.233. The molecule has 0 unspecified atom stereocenters. The summed E-state index contributed by atoms with van der Waals surface area (Å²) in [5.41, 5.74) is -1.43. The van der Waals surface area contributed by atoms with Crippen LogP contribution in [0.1, 0.15) is 20.7 Å². The van der Waals surface area contributed by atoms with Crippen molar-refractivity contribution in [3.8, 4) is 0 Å². The number of hydrogen-bond acceptors (Lipinski definition) is 4. The zero-order chi connectivity index (χ0) is 10.7. The zero-order valence-electron chi connectivity index (χ0n) is 6.80. The van der Waals surface area contributed by atoms with Gasteiger partial charge < -0.3 is 15.0 Å². The summed E-state index contributed by atoms with van der Waals surface area (Å²) in [6, 6.07) is 3.50. The van der Waals surface area contributed by atoms with E-state index in [2.05, 4.69) is 4.98 Å². The van der Waals surface area contributed by atoms with E-state index in [1.54, 1.807) is 0 Å². The van der Waals surface area contributed by atoms with E-state index in [0.717, 1.165) is 6.07 Å². The smallest absolute Gasteiger partial charge is 0.400 e. The van der Waals surface area contributed by atoms with E-state index in [0.29, 0.717) is 0 Å². The third-order valence-corrected chi connectivity index (χ3v) is 1.58. The standard InChI is InChI=1S/C8H4N2O4/c9-10-5-3-1-2-4(7(11)12)6(5)8(13)14/h1-3H,(H-,11,12,13,14). The summed E-state index contributed by atoms with van der Waals surface area (Å²) in [5.74, 6) is -3.12. The van der Waals surface area contributed by atoms with Gasteiger partial charge in [-0.15, -0.1) is 0 Å². The van der Waals surface area contributed by atoms with E-state index in [1.807, 2.05) is 0 Å². The Bertz CT molecular complexity index is 447. The average molecular weight is 192 g/mol. The normalized spacial score (nSPS) is 9.07. The highest BCUT2D eigenvalue weighted by atomic mass is 16.4. The number of carbonyl (C=O) groups excluding carboxylic acids is 1. The van der Waals surface area contributed by atoms with Gasteiger partial charge in [0, 0.05) is 11.6 Å². The van der Waals surface area contributed by atoms with Gasteiger partial charge in [0.25, 0.3) is 0 Å². The minimum atomic E-state index is -1.63. The lowest BCUT2D eigenvalue weighted by molar-refractivity contribution is -0.255. The van der Waals surface area contributed by atoms with Crippen LogP contribution in [0.25, 0.3) is 4.98 Å². The van der Waals surface area contributed by atoms with Crippen LogP contribution in [0.5, 0.6) is 0 Å². The maximum absolute atomic E-state index is 10.6. The lowest BCUT2D eigenvalue weighted by atomic mass is 10.1. The van der Waals surface area contributed by atoms with Crippen molar-refractivity contribution in [2.75, 3.05) is 0 Å². The molecule has 0 saturated carbocycles. The third-order valence-electron chi connectivity index (χ3n) is 1.58. The third kappa shape index (κ3) is 1.51. The van der Waals surface area contributed by atoms with Crippen LogP contribution in [-0.4, -0.2) is 17.0 Å². The number of carboxylic acids is 2. The van der Waals surface area contributed by atoms with Crippen LogP contribution < -0.4 is 5.11 Å². The van der Waals surface area contributed by atoms with E-state index in [1.165, 1.54) is 12.1 Å². The highest BCUT2D eigenvalue weighted by Gasteiger charge is 2.24. The van der Waals surface area contributed by atoms with Crippen molar-refractivity contribution in [3.63, 3.8) is 0 Å². The first-order chi connectivity index (χ1) is 6.57. The summed E-state index contributed by atoms with van der Waals surface area (Å²) in [6.07, 6.45) is 0. The molecule has 1 aromatic carbocycles. The van der Waals surface area contributed by atoms with Crippen LogP contribution in [0.15, 0.2) is 18.2 Å². The van der Waals surface area contributed by atoms with E-state index >= 15 is 0 Å². The van der Waals surface area contributed by atoms with Crippen LogP contribution in [0.2, 0.25) is 0 Å². The molecule has 14 heavy (non-hydrogen) atoms. The Labute approximate surface area is 78.0 Å². The largest absolute Gasteiger partial charge is 0.545 e. The van der Waals surface area contributed by atoms with Crippen molar-refractivity contribution >= 4 is 17.6 Å². The molecule has 0 atom stereocenters.